The van der Waals surface area contributed by atoms with Gasteiger partial charge in [0.25, 0.3) is 0 Å². The fourth-order valence-electron chi connectivity index (χ4n) is 3.80. The van der Waals surface area contributed by atoms with Crippen molar-refractivity contribution >= 4 is 0 Å². The predicted octanol–water partition coefficient (Wildman–Crippen LogP) is 5.05. The Morgan fingerprint density at radius 2 is 1.79 bits per heavy atom. The van der Waals surface area contributed by atoms with Gasteiger partial charge < -0.3 is 4.90 Å². The van der Waals surface area contributed by atoms with Gasteiger partial charge in [-0.15, -0.1) is 0 Å². The van der Waals surface area contributed by atoms with Crippen LogP contribution in [-0.4, -0.2) is 25.5 Å². The minimum atomic E-state index is 0.306. The standard InChI is InChI=1S/C18H33N/c1-8-9-10-11-17-15(3)12-14(2)16(4)18(17,5)13-19(6)7/h12,17H,8-11,13H2,1-7H3. The highest BCUT2D eigenvalue weighted by Gasteiger charge is 2.39. The Bertz CT molecular complexity index is 362. The molecule has 19 heavy (non-hydrogen) atoms. The normalized spacial score (nSPS) is 28.0. The van der Waals surface area contributed by atoms with Crippen LogP contribution in [-0.2, 0) is 0 Å². The van der Waals surface area contributed by atoms with E-state index in [2.05, 4.69) is 59.7 Å². The molecule has 0 saturated carbocycles. The molecule has 0 radical (unpaired) electrons. The number of hydrogen-bond acceptors (Lipinski definition) is 1. The molecule has 0 bridgehead atoms. The molecule has 110 valence electrons. The Kier molecular flexibility index (Phi) is 5.85. The number of nitrogens with zero attached hydrogens (tertiary/aromatic N) is 1. The van der Waals surface area contributed by atoms with E-state index in [1.165, 1.54) is 31.3 Å². The van der Waals surface area contributed by atoms with Gasteiger partial charge in [-0.2, -0.15) is 0 Å². The molecule has 0 fully saturated rings. The molecule has 1 aliphatic carbocycles. The van der Waals surface area contributed by atoms with Gasteiger partial charge >= 0.3 is 0 Å². The first-order valence-electron chi connectivity index (χ1n) is 7.83. The highest BCUT2D eigenvalue weighted by Crippen LogP contribution is 2.47. The summed E-state index contributed by atoms with van der Waals surface area (Å²) in [6.45, 7) is 12.9. The number of hydrogen-bond donors (Lipinski definition) is 0. The molecule has 0 amide bonds. The number of rotatable bonds is 6. The van der Waals surface area contributed by atoms with E-state index in [4.69, 9.17) is 0 Å². The first kappa shape index (κ1) is 16.5. The molecule has 0 N–H and O–H groups in total. The summed E-state index contributed by atoms with van der Waals surface area (Å²) in [6, 6.07) is 0. The van der Waals surface area contributed by atoms with Crippen molar-refractivity contribution in [3.8, 4) is 0 Å². The van der Waals surface area contributed by atoms with Crippen molar-refractivity contribution in [2.75, 3.05) is 20.6 Å². The summed E-state index contributed by atoms with van der Waals surface area (Å²) in [5, 5.41) is 0. The summed E-state index contributed by atoms with van der Waals surface area (Å²) in [5.41, 5.74) is 4.96. The monoisotopic (exact) mass is 263 g/mol. The lowest BCUT2D eigenvalue weighted by molar-refractivity contribution is 0.178. The molecule has 0 spiro atoms. The summed E-state index contributed by atoms with van der Waals surface area (Å²) >= 11 is 0. The first-order chi connectivity index (χ1) is 8.82. The molecule has 2 unspecified atom stereocenters. The van der Waals surface area contributed by atoms with Crippen LogP contribution in [0.3, 0.4) is 0 Å². The largest absolute Gasteiger partial charge is 0.309 e. The molecule has 0 aromatic rings. The molecule has 0 aromatic carbocycles. The number of allylic oxidation sites excluding steroid dienone is 3. The third kappa shape index (κ3) is 3.72. The van der Waals surface area contributed by atoms with E-state index in [1.807, 2.05) is 0 Å². The summed E-state index contributed by atoms with van der Waals surface area (Å²) in [5.74, 6) is 0.713. The van der Waals surface area contributed by atoms with Gasteiger partial charge in [0.2, 0.25) is 0 Å². The molecule has 2 atom stereocenters. The molecular formula is C18H33N. The van der Waals surface area contributed by atoms with Gasteiger partial charge in [0, 0.05) is 12.0 Å². The van der Waals surface area contributed by atoms with Crippen molar-refractivity contribution in [2.24, 2.45) is 11.3 Å². The molecule has 0 aromatic heterocycles. The Labute approximate surface area is 120 Å². The second kappa shape index (κ2) is 6.74. The molecule has 1 nitrogen and oxygen atoms in total. The Hall–Kier alpha value is -0.560. The molecule has 1 rings (SSSR count). The van der Waals surface area contributed by atoms with Crippen LogP contribution in [0.15, 0.2) is 22.8 Å². The fraction of sp³-hybridized carbons (Fsp3) is 0.778. The molecule has 0 saturated heterocycles. The van der Waals surface area contributed by atoms with Crippen molar-refractivity contribution in [2.45, 2.75) is 60.3 Å². The topological polar surface area (TPSA) is 3.24 Å². The molecule has 0 heterocycles. The lowest BCUT2D eigenvalue weighted by atomic mass is 9.63. The van der Waals surface area contributed by atoms with Gasteiger partial charge in [-0.3, -0.25) is 0 Å². The maximum Gasteiger partial charge on any atom is 0.00790 e. The van der Waals surface area contributed by atoms with E-state index in [0.29, 0.717) is 11.3 Å². The van der Waals surface area contributed by atoms with Gasteiger partial charge in [-0.1, -0.05) is 55.9 Å². The van der Waals surface area contributed by atoms with E-state index in [0.717, 1.165) is 6.54 Å². The zero-order valence-electron chi connectivity index (χ0n) is 14.1. The maximum absolute atomic E-state index is 2.47. The highest BCUT2D eigenvalue weighted by molar-refractivity contribution is 5.38. The minimum Gasteiger partial charge on any atom is -0.309 e. The van der Waals surface area contributed by atoms with Gasteiger partial charge in [0.15, 0.2) is 0 Å². The smallest absolute Gasteiger partial charge is 0.00790 e. The van der Waals surface area contributed by atoms with Gasteiger partial charge in [-0.05, 0) is 47.2 Å². The van der Waals surface area contributed by atoms with Crippen molar-refractivity contribution < 1.29 is 0 Å². The summed E-state index contributed by atoms with van der Waals surface area (Å²) in [6.07, 6.45) is 7.80. The van der Waals surface area contributed by atoms with Crippen LogP contribution < -0.4 is 0 Å². The quantitative estimate of drug-likeness (QED) is 0.606. The van der Waals surface area contributed by atoms with Crippen molar-refractivity contribution in [3.63, 3.8) is 0 Å². The molecule has 1 aliphatic rings. The van der Waals surface area contributed by atoms with Crippen LogP contribution in [0, 0.1) is 11.3 Å². The SMILES string of the molecule is CCCCCC1C(C)=CC(C)=C(C)C1(C)CN(C)C. The molecule has 0 aliphatic heterocycles. The van der Waals surface area contributed by atoms with E-state index in [-0.39, 0.29) is 0 Å². The predicted molar refractivity (Wildman–Crippen MR) is 86.4 cm³/mol. The van der Waals surface area contributed by atoms with E-state index >= 15 is 0 Å². The van der Waals surface area contributed by atoms with Crippen LogP contribution in [0.5, 0.6) is 0 Å². The second-order valence-electron chi connectivity index (χ2n) is 6.90. The Balaban J connectivity index is 3.00. The van der Waals surface area contributed by atoms with Crippen LogP contribution in [0.1, 0.15) is 60.3 Å². The lowest BCUT2D eigenvalue weighted by Crippen LogP contribution is -2.41. The van der Waals surface area contributed by atoms with Crippen LogP contribution in [0.2, 0.25) is 0 Å². The summed E-state index contributed by atoms with van der Waals surface area (Å²) < 4.78 is 0. The average molecular weight is 263 g/mol. The lowest BCUT2D eigenvalue weighted by Gasteiger charge is -2.45. The van der Waals surface area contributed by atoms with Crippen molar-refractivity contribution in [1.82, 2.24) is 4.90 Å². The highest BCUT2D eigenvalue weighted by atomic mass is 15.1. The summed E-state index contributed by atoms with van der Waals surface area (Å²) in [4.78, 5) is 2.35. The van der Waals surface area contributed by atoms with Crippen molar-refractivity contribution in [1.29, 1.82) is 0 Å². The molecule has 1 heteroatoms. The van der Waals surface area contributed by atoms with Crippen LogP contribution in [0.4, 0.5) is 0 Å². The minimum absolute atomic E-state index is 0.306. The van der Waals surface area contributed by atoms with Crippen molar-refractivity contribution in [3.05, 3.63) is 22.8 Å². The average Bonchev–Trinajstić information content (AvgIpc) is 2.30. The van der Waals surface area contributed by atoms with Gasteiger partial charge in [0.05, 0.1) is 0 Å². The Morgan fingerprint density at radius 3 is 2.32 bits per heavy atom. The maximum atomic E-state index is 2.47. The van der Waals surface area contributed by atoms with Crippen LogP contribution in [0.25, 0.3) is 0 Å². The Morgan fingerprint density at radius 1 is 1.16 bits per heavy atom. The third-order valence-corrected chi connectivity index (χ3v) is 4.95. The zero-order chi connectivity index (χ0) is 14.6. The van der Waals surface area contributed by atoms with Gasteiger partial charge in [0.1, 0.15) is 0 Å². The second-order valence-corrected chi connectivity index (χ2v) is 6.90. The van der Waals surface area contributed by atoms with E-state index in [9.17, 15) is 0 Å². The van der Waals surface area contributed by atoms with E-state index in [1.54, 1.807) is 11.1 Å². The fourth-order valence-corrected chi connectivity index (χ4v) is 3.80. The first-order valence-corrected chi connectivity index (χ1v) is 7.83. The van der Waals surface area contributed by atoms with E-state index < -0.39 is 0 Å². The molecular weight excluding hydrogens is 230 g/mol. The van der Waals surface area contributed by atoms with Gasteiger partial charge in [-0.25, -0.2) is 0 Å². The zero-order valence-corrected chi connectivity index (χ0v) is 14.1. The van der Waals surface area contributed by atoms with Crippen LogP contribution >= 0.6 is 0 Å². The number of unbranched alkanes of at least 4 members (excludes halogenated alkanes) is 2. The summed E-state index contributed by atoms with van der Waals surface area (Å²) in [7, 11) is 4.40. The third-order valence-electron chi connectivity index (χ3n) is 4.95.